The summed E-state index contributed by atoms with van der Waals surface area (Å²) in [6.45, 7) is 4.36. The van der Waals surface area contributed by atoms with Crippen molar-refractivity contribution >= 4 is 5.78 Å². The van der Waals surface area contributed by atoms with Gasteiger partial charge in [0, 0.05) is 18.7 Å². The van der Waals surface area contributed by atoms with Crippen LogP contribution >= 0.6 is 0 Å². The molecule has 1 aliphatic rings. The topological polar surface area (TPSA) is 59.8 Å². The van der Waals surface area contributed by atoms with Gasteiger partial charge in [-0.05, 0) is 31.0 Å². The van der Waals surface area contributed by atoms with Gasteiger partial charge >= 0.3 is 0 Å². The molecule has 1 N–H and O–H groups in total. The number of aryl methyl sites for hydroxylation is 1. The van der Waals surface area contributed by atoms with E-state index in [1.165, 1.54) is 5.56 Å². The van der Waals surface area contributed by atoms with Crippen LogP contribution in [0.5, 0.6) is 0 Å². The zero-order valence-corrected chi connectivity index (χ0v) is 10.9. The van der Waals surface area contributed by atoms with Crippen LogP contribution in [0.25, 0.3) is 0 Å². The van der Waals surface area contributed by atoms with Gasteiger partial charge in [-0.3, -0.25) is 4.79 Å². The number of fused-ring (bicyclic) bond motifs is 1. The van der Waals surface area contributed by atoms with Gasteiger partial charge < -0.3 is 5.32 Å². The average Bonchev–Trinajstić information content (AvgIpc) is 2.94. The molecule has 5 nitrogen and oxygen atoms in total. The van der Waals surface area contributed by atoms with Crippen molar-refractivity contribution in [3.05, 3.63) is 46.8 Å². The minimum atomic E-state index is 0.0191. The molecule has 1 aliphatic heterocycles. The molecule has 19 heavy (non-hydrogen) atoms. The van der Waals surface area contributed by atoms with E-state index in [1.54, 1.807) is 10.9 Å². The minimum Gasteiger partial charge on any atom is -0.312 e. The second-order valence-electron chi connectivity index (χ2n) is 4.63. The summed E-state index contributed by atoms with van der Waals surface area (Å²) in [7, 11) is 0. The highest BCUT2D eigenvalue weighted by atomic mass is 16.1. The Morgan fingerprint density at radius 2 is 2.37 bits per heavy atom. The predicted octanol–water partition coefficient (Wildman–Crippen LogP) is 1.17. The summed E-state index contributed by atoms with van der Waals surface area (Å²) in [6, 6.07) is 5.92. The molecule has 0 saturated carbocycles. The van der Waals surface area contributed by atoms with Crippen molar-refractivity contribution in [1.29, 1.82) is 0 Å². The van der Waals surface area contributed by atoms with Crippen LogP contribution < -0.4 is 5.32 Å². The molecule has 0 saturated heterocycles. The molecule has 0 spiro atoms. The number of rotatable bonds is 3. The Labute approximate surface area is 111 Å². The summed E-state index contributed by atoms with van der Waals surface area (Å²) >= 11 is 0. The van der Waals surface area contributed by atoms with Gasteiger partial charge in [0.15, 0.2) is 0 Å². The molecule has 0 aliphatic carbocycles. The highest BCUT2D eigenvalue weighted by Gasteiger charge is 2.21. The Morgan fingerprint density at radius 1 is 1.47 bits per heavy atom. The Balaban J connectivity index is 2.05. The summed E-state index contributed by atoms with van der Waals surface area (Å²) < 4.78 is 1.64. The normalized spacial score (nSPS) is 14.2. The number of ketones is 1. The van der Waals surface area contributed by atoms with Crippen molar-refractivity contribution in [2.24, 2.45) is 0 Å². The fraction of sp³-hybridized carbons (Fsp3) is 0.357. The highest BCUT2D eigenvalue weighted by molar-refractivity contribution is 6.08. The van der Waals surface area contributed by atoms with Crippen molar-refractivity contribution < 1.29 is 4.79 Å². The maximum atomic E-state index is 12.6. The van der Waals surface area contributed by atoms with Crippen molar-refractivity contribution in [2.45, 2.75) is 26.4 Å². The quantitative estimate of drug-likeness (QED) is 0.838. The van der Waals surface area contributed by atoms with E-state index < -0.39 is 0 Å². The number of carbonyl (C=O) groups is 1. The third kappa shape index (κ3) is 2.06. The predicted molar refractivity (Wildman–Crippen MR) is 71.0 cm³/mol. The van der Waals surface area contributed by atoms with Crippen LogP contribution in [0.4, 0.5) is 0 Å². The first-order chi connectivity index (χ1) is 9.31. The largest absolute Gasteiger partial charge is 0.312 e. The SMILES string of the molecule is CCn1nncc1C(=O)c1cccc2c1CCNC2. The molecule has 98 valence electrons. The zero-order valence-electron chi connectivity index (χ0n) is 10.9. The Morgan fingerprint density at radius 3 is 3.21 bits per heavy atom. The van der Waals surface area contributed by atoms with Crippen LogP contribution in [-0.2, 0) is 19.5 Å². The lowest BCUT2D eigenvalue weighted by molar-refractivity contribution is 0.102. The third-order valence-electron chi connectivity index (χ3n) is 3.53. The lowest BCUT2D eigenvalue weighted by Gasteiger charge is -2.19. The van der Waals surface area contributed by atoms with Gasteiger partial charge in [0.05, 0.1) is 6.20 Å². The van der Waals surface area contributed by atoms with Crippen LogP contribution in [0.1, 0.15) is 34.1 Å². The fourth-order valence-corrected chi connectivity index (χ4v) is 2.55. The third-order valence-corrected chi connectivity index (χ3v) is 3.53. The number of nitrogens with zero attached hydrogens (tertiary/aromatic N) is 3. The van der Waals surface area contributed by atoms with Crippen molar-refractivity contribution in [2.75, 3.05) is 6.54 Å². The van der Waals surface area contributed by atoms with Crippen molar-refractivity contribution in [3.8, 4) is 0 Å². The Kier molecular flexibility index (Phi) is 3.13. The number of nitrogens with one attached hydrogen (secondary N) is 1. The first-order valence-electron chi connectivity index (χ1n) is 6.56. The molecule has 1 aromatic heterocycles. The molecule has 0 fully saturated rings. The van der Waals surface area contributed by atoms with Crippen molar-refractivity contribution in [1.82, 2.24) is 20.3 Å². The summed E-state index contributed by atoms with van der Waals surface area (Å²) in [6.07, 6.45) is 2.44. The van der Waals surface area contributed by atoms with E-state index in [1.807, 2.05) is 19.1 Å². The van der Waals surface area contributed by atoms with Gasteiger partial charge in [0.25, 0.3) is 0 Å². The molecular formula is C14H16N4O. The van der Waals surface area contributed by atoms with E-state index in [9.17, 15) is 4.79 Å². The molecule has 3 rings (SSSR count). The number of carbonyl (C=O) groups excluding carboxylic acids is 1. The van der Waals surface area contributed by atoms with E-state index in [-0.39, 0.29) is 5.78 Å². The van der Waals surface area contributed by atoms with Gasteiger partial charge in [0.1, 0.15) is 5.69 Å². The number of hydrogen-bond acceptors (Lipinski definition) is 4. The first-order valence-corrected chi connectivity index (χ1v) is 6.56. The average molecular weight is 256 g/mol. The smallest absolute Gasteiger partial charge is 0.212 e. The first kappa shape index (κ1) is 12.0. The highest BCUT2D eigenvalue weighted by Crippen LogP contribution is 2.21. The van der Waals surface area contributed by atoms with Gasteiger partial charge in [-0.1, -0.05) is 23.4 Å². The summed E-state index contributed by atoms with van der Waals surface area (Å²) in [5.41, 5.74) is 3.73. The number of hydrogen-bond donors (Lipinski definition) is 1. The molecule has 0 radical (unpaired) electrons. The fourth-order valence-electron chi connectivity index (χ4n) is 2.55. The summed E-state index contributed by atoms with van der Waals surface area (Å²) in [4.78, 5) is 12.6. The van der Waals surface area contributed by atoms with E-state index in [4.69, 9.17) is 0 Å². The molecule has 0 atom stereocenters. The Hall–Kier alpha value is -2.01. The van der Waals surface area contributed by atoms with Crippen LogP contribution in [-0.4, -0.2) is 27.3 Å². The van der Waals surface area contributed by atoms with Crippen molar-refractivity contribution in [3.63, 3.8) is 0 Å². The van der Waals surface area contributed by atoms with Gasteiger partial charge in [0.2, 0.25) is 5.78 Å². The van der Waals surface area contributed by atoms with Crippen LogP contribution in [0.3, 0.4) is 0 Å². The molecule has 0 amide bonds. The maximum absolute atomic E-state index is 12.6. The second kappa shape index (κ2) is 4.93. The zero-order chi connectivity index (χ0) is 13.2. The summed E-state index contributed by atoms with van der Waals surface area (Å²) in [5, 5.41) is 11.1. The number of aromatic nitrogens is 3. The van der Waals surface area contributed by atoms with E-state index >= 15 is 0 Å². The maximum Gasteiger partial charge on any atom is 0.212 e. The van der Waals surface area contributed by atoms with Crippen LogP contribution in [0.2, 0.25) is 0 Å². The second-order valence-corrected chi connectivity index (χ2v) is 4.63. The van der Waals surface area contributed by atoms with Crippen LogP contribution in [0.15, 0.2) is 24.4 Å². The van der Waals surface area contributed by atoms with E-state index in [0.717, 1.165) is 30.6 Å². The molecule has 5 heteroatoms. The van der Waals surface area contributed by atoms with Gasteiger partial charge in [-0.15, -0.1) is 5.10 Å². The lowest BCUT2D eigenvalue weighted by atomic mass is 9.92. The standard InChI is InChI=1S/C14H16N4O/c1-2-18-13(9-16-17-18)14(19)12-5-3-4-10-8-15-7-6-11(10)12/h3-5,9,15H,2,6-8H2,1H3. The number of benzene rings is 1. The van der Waals surface area contributed by atoms with E-state index in [0.29, 0.717) is 12.2 Å². The van der Waals surface area contributed by atoms with E-state index in [2.05, 4.69) is 21.7 Å². The molecule has 2 aromatic rings. The molecule has 0 unspecified atom stereocenters. The minimum absolute atomic E-state index is 0.0191. The monoisotopic (exact) mass is 256 g/mol. The molecule has 2 heterocycles. The van der Waals surface area contributed by atoms with Gasteiger partial charge in [-0.2, -0.15) is 0 Å². The van der Waals surface area contributed by atoms with Gasteiger partial charge in [-0.25, -0.2) is 4.68 Å². The Bertz CT molecular complexity index is 618. The lowest BCUT2D eigenvalue weighted by Crippen LogP contribution is -2.26. The van der Waals surface area contributed by atoms with Crippen LogP contribution in [0, 0.1) is 0 Å². The molecule has 1 aromatic carbocycles. The summed E-state index contributed by atoms with van der Waals surface area (Å²) in [5.74, 6) is 0.0191. The molecule has 0 bridgehead atoms. The molecular weight excluding hydrogens is 240 g/mol.